The quantitative estimate of drug-likeness (QED) is 0.620. The molecule has 0 N–H and O–H groups in total. The van der Waals surface area contributed by atoms with Gasteiger partial charge in [0.1, 0.15) is 11.7 Å². The molecule has 0 unspecified atom stereocenters. The summed E-state index contributed by atoms with van der Waals surface area (Å²) in [6.45, 7) is 0.762. The van der Waals surface area contributed by atoms with Crippen molar-refractivity contribution in [2.24, 2.45) is 0 Å². The van der Waals surface area contributed by atoms with Gasteiger partial charge in [-0.05, 0) is 18.6 Å². The third-order valence-electron chi connectivity index (χ3n) is 3.23. The number of aryl methyl sites for hydroxylation is 1. The number of aromatic nitrogens is 3. The second kappa shape index (κ2) is 5.50. The molecule has 2 aromatic rings. The fourth-order valence-electron chi connectivity index (χ4n) is 2.37. The minimum atomic E-state index is 0. The van der Waals surface area contributed by atoms with E-state index < -0.39 is 0 Å². The van der Waals surface area contributed by atoms with Crippen LogP contribution in [0.4, 0.5) is 0 Å². The Morgan fingerprint density at radius 2 is 2.17 bits per heavy atom. The Morgan fingerprint density at radius 1 is 1.39 bits per heavy atom. The number of methoxy groups -OCH3 is 1. The molecule has 1 atom stereocenters. The Morgan fingerprint density at radius 3 is 2.89 bits per heavy atom. The van der Waals surface area contributed by atoms with Crippen LogP contribution in [0.3, 0.4) is 0 Å². The Balaban J connectivity index is 0.00000120. The Kier molecular flexibility index (Phi) is 3.99. The maximum Gasteiger partial charge on any atom is 0.278 e. The molecule has 3 rings (SSSR count). The van der Waals surface area contributed by atoms with Gasteiger partial charge in [-0.2, -0.15) is 0 Å². The van der Waals surface area contributed by atoms with E-state index in [1.807, 2.05) is 22.9 Å². The number of para-hydroxylation sites is 1. The summed E-state index contributed by atoms with van der Waals surface area (Å²) >= 11 is 0. The van der Waals surface area contributed by atoms with Crippen molar-refractivity contribution in [3.05, 3.63) is 42.5 Å². The van der Waals surface area contributed by atoms with Crippen LogP contribution in [0.2, 0.25) is 0 Å². The number of fused-ring (bicyclic) bond motifs is 1. The molecule has 0 fully saturated rings. The molecule has 5 heteroatoms. The van der Waals surface area contributed by atoms with Crippen LogP contribution in [-0.2, 0) is 11.2 Å². The zero-order valence-electron chi connectivity index (χ0n) is 10.3. The van der Waals surface area contributed by atoms with Crippen LogP contribution in [0.25, 0.3) is 5.69 Å². The molecule has 0 aliphatic carbocycles. The van der Waals surface area contributed by atoms with E-state index in [0.717, 1.165) is 31.0 Å². The predicted molar refractivity (Wildman–Crippen MR) is 63.0 cm³/mol. The topological polar surface area (TPSA) is 30.9 Å². The van der Waals surface area contributed by atoms with Gasteiger partial charge in [0.25, 0.3) is 5.82 Å². The average Bonchev–Trinajstić information content (AvgIpc) is 2.93. The molecule has 96 valence electrons. The second-order valence-electron chi connectivity index (χ2n) is 4.37. The predicted octanol–water partition coefficient (Wildman–Crippen LogP) is -1.70. The van der Waals surface area contributed by atoms with Gasteiger partial charge in [-0.1, -0.05) is 22.9 Å². The molecule has 1 aromatic carbocycles. The molecule has 18 heavy (non-hydrogen) atoms. The third-order valence-corrected chi connectivity index (χ3v) is 3.23. The van der Waals surface area contributed by atoms with E-state index in [4.69, 9.17) is 4.74 Å². The zero-order valence-corrected chi connectivity index (χ0v) is 11.0. The molecule has 0 spiro atoms. The van der Waals surface area contributed by atoms with Crippen LogP contribution >= 0.6 is 0 Å². The molecule has 0 saturated carbocycles. The van der Waals surface area contributed by atoms with E-state index in [-0.39, 0.29) is 12.4 Å². The van der Waals surface area contributed by atoms with Gasteiger partial charge in [0.15, 0.2) is 0 Å². The third kappa shape index (κ3) is 2.26. The fourth-order valence-corrected chi connectivity index (χ4v) is 2.37. The monoisotopic (exact) mass is 265 g/mol. The molecule has 0 radical (unpaired) electrons. The molecule has 1 aliphatic rings. The highest BCUT2D eigenvalue weighted by atomic mass is 35.5. The maximum atomic E-state index is 5.24. The van der Waals surface area contributed by atoms with E-state index in [2.05, 4.69) is 28.1 Å². The lowest BCUT2D eigenvalue weighted by Crippen LogP contribution is -3.00. The summed E-state index contributed by atoms with van der Waals surface area (Å²) in [5, 5.41) is 4.62. The molecule has 0 amide bonds. The highest BCUT2D eigenvalue weighted by Gasteiger charge is 2.31. The molecule has 1 aliphatic heterocycles. The number of hydrogen-bond donors (Lipinski definition) is 0. The Hall–Kier alpha value is -1.39. The van der Waals surface area contributed by atoms with E-state index in [1.165, 1.54) is 0 Å². The largest absolute Gasteiger partial charge is 1.00 e. The number of benzene rings is 1. The van der Waals surface area contributed by atoms with Crippen LogP contribution in [0.5, 0.6) is 0 Å². The van der Waals surface area contributed by atoms with Gasteiger partial charge in [0.2, 0.25) is 6.33 Å². The normalized spacial score (nSPS) is 17.3. The lowest BCUT2D eigenvalue weighted by molar-refractivity contribution is -0.718. The first-order valence-electron chi connectivity index (χ1n) is 5.92. The van der Waals surface area contributed by atoms with Crippen LogP contribution in [0.15, 0.2) is 36.7 Å². The van der Waals surface area contributed by atoms with Crippen molar-refractivity contribution in [3.63, 3.8) is 0 Å². The minimum Gasteiger partial charge on any atom is -1.00 e. The lowest BCUT2D eigenvalue weighted by Gasteiger charge is -2.05. The Labute approximate surface area is 113 Å². The minimum absolute atomic E-state index is 0. The van der Waals surface area contributed by atoms with Crippen molar-refractivity contribution in [1.82, 2.24) is 9.78 Å². The van der Waals surface area contributed by atoms with E-state index in [0.29, 0.717) is 6.04 Å². The number of hydrogen-bond acceptors (Lipinski definition) is 2. The fraction of sp³-hybridized carbons (Fsp3) is 0.385. The van der Waals surface area contributed by atoms with Crippen molar-refractivity contribution in [2.45, 2.75) is 18.9 Å². The van der Waals surface area contributed by atoms with Gasteiger partial charge < -0.3 is 17.1 Å². The van der Waals surface area contributed by atoms with Crippen molar-refractivity contribution < 1.29 is 21.7 Å². The van der Waals surface area contributed by atoms with Crippen molar-refractivity contribution in [3.8, 4) is 5.69 Å². The van der Waals surface area contributed by atoms with Gasteiger partial charge in [-0.3, -0.25) is 0 Å². The van der Waals surface area contributed by atoms with Gasteiger partial charge in [0.05, 0.1) is 6.61 Å². The van der Waals surface area contributed by atoms with Crippen molar-refractivity contribution >= 4 is 0 Å². The summed E-state index contributed by atoms with van der Waals surface area (Å²) in [5.74, 6) is 1.15. The highest BCUT2D eigenvalue weighted by Crippen LogP contribution is 2.17. The van der Waals surface area contributed by atoms with Crippen LogP contribution in [0.1, 0.15) is 18.3 Å². The van der Waals surface area contributed by atoms with Crippen LogP contribution in [-0.4, -0.2) is 23.5 Å². The molecule has 1 aromatic heterocycles. The summed E-state index contributed by atoms with van der Waals surface area (Å²) in [4.78, 5) is 0. The molecule has 2 heterocycles. The highest BCUT2D eigenvalue weighted by molar-refractivity contribution is 5.28. The van der Waals surface area contributed by atoms with Crippen LogP contribution < -0.4 is 17.0 Å². The van der Waals surface area contributed by atoms with Gasteiger partial charge in [-0.15, -0.1) is 0 Å². The molecular formula is C13H16ClN3O. The van der Waals surface area contributed by atoms with E-state index >= 15 is 0 Å². The summed E-state index contributed by atoms with van der Waals surface area (Å²) in [5.41, 5.74) is 1.10. The number of nitrogens with zero attached hydrogens (tertiary/aromatic N) is 3. The van der Waals surface area contributed by atoms with Crippen molar-refractivity contribution in [1.29, 1.82) is 0 Å². The number of ether oxygens (including phenoxy) is 1. The first-order valence-corrected chi connectivity index (χ1v) is 5.92. The SMILES string of the molecule is COC[C@@H]1CCc2nn(-c3ccccc3)c[n+]21.[Cl-]. The maximum absolute atomic E-state index is 5.24. The molecule has 4 nitrogen and oxygen atoms in total. The lowest BCUT2D eigenvalue weighted by atomic mass is 10.2. The average molecular weight is 266 g/mol. The molecular weight excluding hydrogens is 250 g/mol. The summed E-state index contributed by atoms with van der Waals surface area (Å²) < 4.78 is 9.41. The van der Waals surface area contributed by atoms with Crippen LogP contribution in [0, 0.1) is 0 Å². The van der Waals surface area contributed by atoms with Crippen molar-refractivity contribution in [2.75, 3.05) is 13.7 Å². The Bertz CT molecular complexity index is 512. The van der Waals surface area contributed by atoms with Gasteiger partial charge in [-0.25, -0.2) is 4.57 Å². The molecule has 0 saturated heterocycles. The van der Waals surface area contributed by atoms with Gasteiger partial charge >= 0.3 is 0 Å². The van der Waals surface area contributed by atoms with E-state index in [9.17, 15) is 0 Å². The second-order valence-corrected chi connectivity index (χ2v) is 4.37. The summed E-state index contributed by atoms with van der Waals surface area (Å²) in [7, 11) is 1.75. The van der Waals surface area contributed by atoms with Gasteiger partial charge in [0, 0.05) is 18.6 Å². The first-order chi connectivity index (χ1) is 8.38. The summed E-state index contributed by atoms with van der Waals surface area (Å²) in [6, 6.07) is 10.6. The first kappa shape index (κ1) is 13.1. The zero-order chi connectivity index (χ0) is 11.7. The summed E-state index contributed by atoms with van der Waals surface area (Å²) in [6.07, 6.45) is 4.24. The number of halogens is 1. The van der Waals surface area contributed by atoms with E-state index in [1.54, 1.807) is 7.11 Å². The molecule has 0 bridgehead atoms. The number of rotatable bonds is 3. The smallest absolute Gasteiger partial charge is 0.278 e. The standard InChI is InChI=1S/C13H16N3O.ClH/c1-17-9-12-7-8-13-14-16(10-15(12)13)11-5-3-2-4-6-11;/h2-6,10,12H,7-9H2,1H3;1H/q+1;/p-1/t12-;/m0./s1.